The van der Waals surface area contributed by atoms with E-state index in [0.717, 1.165) is 50.1 Å². The Balaban J connectivity index is 1.69. The second-order valence-corrected chi connectivity index (χ2v) is 5.76. The van der Waals surface area contributed by atoms with Crippen molar-refractivity contribution in [2.75, 3.05) is 26.3 Å². The van der Waals surface area contributed by atoms with Crippen molar-refractivity contribution in [1.82, 2.24) is 4.90 Å². The van der Waals surface area contributed by atoms with Crippen LogP contribution in [-0.2, 0) is 11.3 Å². The van der Waals surface area contributed by atoms with Crippen LogP contribution in [0, 0.1) is 5.92 Å². The molecule has 5 heteroatoms. The van der Waals surface area contributed by atoms with Gasteiger partial charge in [0.05, 0.1) is 5.02 Å². The van der Waals surface area contributed by atoms with Gasteiger partial charge in [0.15, 0.2) is 11.5 Å². The highest BCUT2D eigenvalue weighted by Gasteiger charge is 2.21. The maximum atomic E-state index is 10.8. The van der Waals surface area contributed by atoms with Gasteiger partial charge in [0.1, 0.15) is 19.5 Å². The number of hydrogen-bond donors (Lipinski definition) is 0. The van der Waals surface area contributed by atoms with Gasteiger partial charge >= 0.3 is 0 Å². The van der Waals surface area contributed by atoms with Gasteiger partial charge < -0.3 is 14.3 Å². The minimum absolute atomic E-state index is 0.232. The van der Waals surface area contributed by atoms with Crippen molar-refractivity contribution in [2.24, 2.45) is 5.92 Å². The smallest absolute Gasteiger partial charge is 0.179 e. The third-order valence-corrected chi connectivity index (χ3v) is 4.17. The van der Waals surface area contributed by atoms with E-state index in [1.165, 1.54) is 0 Å². The van der Waals surface area contributed by atoms with Crippen LogP contribution in [0.3, 0.4) is 0 Å². The fourth-order valence-corrected chi connectivity index (χ4v) is 3.05. The van der Waals surface area contributed by atoms with Gasteiger partial charge in [-0.25, -0.2) is 0 Å². The number of fused-ring (bicyclic) bond motifs is 1. The van der Waals surface area contributed by atoms with Crippen molar-refractivity contribution < 1.29 is 14.3 Å². The topological polar surface area (TPSA) is 38.8 Å². The van der Waals surface area contributed by atoms with Crippen molar-refractivity contribution in [3.63, 3.8) is 0 Å². The Hall–Kier alpha value is -1.26. The molecule has 0 aliphatic carbocycles. The quantitative estimate of drug-likeness (QED) is 0.803. The maximum absolute atomic E-state index is 10.8. The zero-order chi connectivity index (χ0) is 13.9. The van der Waals surface area contributed by atoms with E-state index >= 15 is 0 Å². The van der Waals surface area contributed by atoms with E-state index in [0.29, 0.717) is 24.0 Å². The molecule has 0 spiro atoms. The Bertz CT molecular complexity index is 498. The predicted octanol–water partition coefficient (Wildman–Crippen LogP) is 2.52. The largest absolute Gasteiger partial charge is 0.486 e. The van der Waals surface area contributed by atoms with E-state index in [9.17, 15) is 4.79 Å². The summed E-state index contributed by atoms with van der Waals surface area (Å²) in [6.45, 7) is 3.86. The zero-order valence-electron chi connectivity index (χ0n) is 11.3. The van der Waals surface area contributed by atoms with Gasteiger partial charge in [-0.15, -0.1) is 0 Å². The molecule has 1 saturated heterocycles. The number of carbonyl (C=O) groups is 1. The van der Waals surface area contributed by atoms with Crippen molar-refractivity contribution in [1.29, 1.82) is 0 Å². The molecule has 2 aliphatic heterocycles. The number of nitrogens with zero attached hydrogens (tertiary/aromatic N) is 1. The Morgan fingerprint density at radius 1 is 1.25 bits per heavy atom. The summed E-state index contributed by atoms with van der Waals surface area (Å²) in [4.78, 5) is 13.1. The molecule has 108 valence electrons. The molecule has 0 saturated carbocycles. The molecule has 0 bridgehead atoms. The number of rotatable bonds is 3. The summed E-state index contributed by atoms with van der Waals surface area (Å²) in [5, 5.41) is 0.611. The van der Waals surface area contributed by atoms with Crippen LogP contribution in [0.2, 0.25) is 5.02 Å². The average molecular weight is 296 g/mol. The summed E-state index contributed by atoms with van der Waals surface area (Å²) in [5.74, 6) is 1.62. The highest BCUT2D eigenvalue weighted by molar-refractivity contribution is 6.32. The first-order valence-corrected chi connectivity index (χ1v) is 7.40. The Labute approximate surface area is 123 Å². The normalized spacial score (nSPS) is 19.9. The Kier molecular flexibility index (Phi) is 4.13. The van der Waals surface area contributed by atoms with Crippen LogP contribution in [0.4, 0.5) is 0 Å². The molecule has 20 heavy (non-hydrogen) atoms. The molecule has 4 nitrogen and oxygen atoms in total. The lowest BCUT2D eigenvalue weighted by atomic mass is 9.98. The third-order valence-electron chi connectivity index (χ3n) is 3.89. The minimum atomic E-state index is 0.232. The number of halogens is 1. The molecule has 0 atom stereocenters. The Morgan fingerprint density at radius 2 is 2.00 bits per heavy atom. The summed E-state index contributed by atoms with van der Waals surface area (Å²) >= 11 is 6.24. The van der Waals surface area contributed by atoms with Crippen LogP contribution in [0.15, 0.2) is 12.1 Å². The van der Waals surface area contributed by atoms with Gasteiger partial charge in [-0.3, -0.25) is 4.90 Å². The molecule has 0 aromatic heterocycles. The van der Waals surface area contributed by atoms with Gasteiger partial charge in [0, 0.05) is 12.5 Å². The molecule has 0 radical (unpaired) electrons. The van der Waals surface area contributed by atoms with E-state index in [1.807, 2.05) is 12.1 Å². The third kappa shape index (κ3) is 2.91. The molecular weight excluding hydrogens is 278 g/mol. The fraction of sp³-hybridized carbons (Fsp3) is 0.533. The summed E-state index contributed by atoms with van der Waals surface area (Å²) < 4.78 is 11.1. The summed E-state index contributed by atoms with van der Waals surface area (Å²) in [7, 11) is 0. The second-order valence-electron chi connectivity index (χ2n) is 5.35. The molecule has 0 unspecified atom stereocenters. The van der Waals surface area contributed by atoms with Crippen LogP contribution >= 0.6 is 11.6 Å². The van der Waals surface area contributed by atoms with Gasteiger partial charge in [-0.2, -0.15) is 0 Å². The summed E-state index contributed by atoms with van der Waals surface area (Å²) in [6.07, 6.45) is 2.97. The molecule has 3 rings (SSSR count). The minimum Gasteiger partial charge on any atom is -0.486 e. The van der Waals surface area contributed by atoms with Gasteiger partial charge in [0.2, 0.25) is 0 Å². The predicted molar refractivity (Wildman–Crippen MR) is 76.5 cm³/mol. The zero-order valence-corrected chi connectivity index (χ0v) is 12.1. The molecule has 1 aromatic rings. The Morgan fingerprint density at radius 3 is 2.75 bits per heavy atom. The monoisotopic (exact) mass is 295 g/mol. The summed E-state index contributed by atoms with van der Waals surface area (Å²) in [6, 6.07) is 3.95. The molecule has 2 heterocycles. The first kappa shape index (κ1) is 13.7. The van der Waals surface area contributed by atoms with E-state index in [2.05, 4.69) is 4.90 Å². The second kappa shape index (κ2) is 6.02. The first-order chi connectivity index (χ1) is 9.76. The van der Waals surface area contributed by atoms with Crippen LogP contribution < -0.4 is 9.47 Å². The van der Waals surface area contributed by atoms with Gasteiger partial charge in [-0.1, -0.05) is 11.6 Å². The fourth-order valence-electron chi connectivity index (χ4n) is 2.76. The number of benzene rings is 1. The number of hydrogen-bond acceptors (Lipinski definition) is 4. The van der Waals surface area contributed by atoms with Crippen LogP contribution in [-0.4, -0.2) is 37.5 Å². The van der Waals surface area contributed by atoms with E-state index < -0.39 is 0 Å². The van der Waals surface area contributed by atoms with Crippen molar-refractivity contribution in [3.05, 3.63) is 22.7 Å². The van der Waals surface area contributed by atoms with E-state index in [-0.39, 0.29) is 5.92 Å². The lowest BCUT2D eigenvalue weighted by Crippen LogP contribution is -2.33. The van der Waals surface area contributed by atoms with Gasteiger partial charge in [0.25, 0.3) is 0 Å². The highest BCUT2D eigenvalue weighted by atomic mass is 35.5. The van der Waals surface area contributed by atoms with Crippen molar-refractivity contribution in [3.8, 4) is 11.5 Å². The van der Waals surface area contributed by atoms with Crippen LogP contribution in [0.1, 0.15) is 18.4 Å². The number of aldehydes is 1. The number of ether oxygens (including phenoxy) is 2. The van der Waals surface area contributed by atoms with E-state index in [1.54, 1.807) is 0 Å². The molecule has 1 fully saturated rings. The first-order valence-electron chi connectivity index (χ1n) is 7.02. The summed E-state index contributed by atoms with van der Waals surface area (Å²) in [5.41, 5.74) is 1.13. The molecule has 0 amide bonds. The van der Waals surface area contributed by atoms with Gasteiger partial charge in [-0.05, 0) is 43.6 Å². The molecule has 0 N–H and O–H groups in total. The van der Waals surface area contributed by atoms with Crippen molar-refractivity contribution in [2.45, 2.75) is 19.4 Å². The van der Waals surface area contributed by atoms with Crippen LogP contribution in [0.25, 0.3) is 0 Å². The van der Waals surface area contributed by atoms with Crippen LogP contribution in [0.5, 0.6) is 11.5 Å². The molecule has 1 aromatic carbocycles. The SMILES string of the molecule is O=CC1CCN(Cc2cc(Cl)c3c(c2)OCCO3)CC1. The molecular formula is C15H18ClNO3. The standard InChI is InChI=1S/C15H18ClNO3/c16-13-7-12(8-14-15(13)20-6-5-19-14)9-17-3-1-11(10-18)2-4-17/h7-8,10-11H,1-6,9H2. The number of likely N-dealkylation sites (tertiary alicyclic amines) is 1. The number of piperidine rings is 1. The lowest BCUT2D eigenvalue weighted by molar-refractivity contribution is -0.112. The average Bonchev–Trinajstić information content (AvgIpc) is 2.48. The number of carbonyl (C=O) groups excluding carboxylic acids is 1. The maximum Gasteiger partial charge on any atom is 0.179 e. The highest BCUT2D eigenvalue weighted by Crippen LogP contribution is 2.38. The van der Waals surface area contributed by atoms with E-state index in [4.69, 9.17) is 21.1 Å². The lowest BCUT2D eigenvalue weighted by Gasteiger charge is -2.30. The molecule has 2 aliphatic rings. The van der Waals surface area contributed by atoms with Crippen molar-refractivity contribution >= 4 is 17.9 Å².